The molecule has 0 atom stereocenters. The number of rotatable bonds is 0. The van der Waals surface area contributed by atoms with E-state index in [2.05, 4.69) is 20.8 Å². The molecular formula is C8H23N. The Bertz CT molecular complexity index is 15.8. The average molecular weight is 133 g/mol. The molecule has 2 N–H and O–H groups in total. The minimum absolute atomic E-state index is 0.750. The lowest BCUT2D eigenvalue weighted by atomic mass is 10.3. The summed E-state index contributed by atoms with van der Waals surface area (Å²) >= 11 is 0. The Hall–Kier alpha value is -0.0400. The SMILES string of the molecule is CC.CC(C)C.CCN. The molecule has 0 aliphatic carbocycles. The van der Waals surface area contributed by atoms with E-state index in [4.69, 9.17) is 5.73 Å². The van der Waals surface area contributed by atoms with Gasteiger partial charge in [0, 0.05) is 0 Å². The highest BCUT2D eigenvalue weighted by molar-refractivity contribution is 4.20. The van der Waals surface area contributed by atoms with Crippen molar-refractivity contribution in [3.05, 3.63) is 0 Å². The Morgan fingerprint density at radius 3 is 1.11 bits per heavy atom. The summed E-state index contributed by atoms with van der Waals surface area (Å²) in [7, 11) is 0. The van der Waals surface area contributed by atoms with Crippen molar-refractivity contribution < 1.29 is 0 Å². The first kappa shape index (κ1) is 16.0. The zero-order chi connectivity index (χ0) is 8.28. The highest BCUT2D eigenvalue weighted by Gasteiger charge is 1.68. The molecule has 0 unspecified atom stereocenters. The van der Waals surface area contributed by atoms with Crippen molar-refractivity contribution in [3.8, 4) is 0 Å². The van der Waals surface area contributed by atoms with E-state index < -0.39 is 0 Å². The minimum Gasteiger partial charge on any atom is -0.331 e. The van der Waals surface area contributed by atoms with Gasteiger partial charge in [-0.15, -0.1) is 0 Å². The van der Waals surface area contributed by atoms with Crippen LogP contribution in [0.5, 0.6) is 0 Å². The summed E-state index contributed by atoms with van der Waals surface area (Å²) in [6.45, 7) is 13.2. The maximum atomic E-state index is 4.85. The highest BCUT2D eigenvalue weighted by atomic mass is 14.5. The molecule has 0 saturated carbocycles. The fourth-order valence-electron chi connectivity index (χ4n) is 0. The van der Waals surface area contributed by atoms with Gasteiger partial charge in [0.05, 0.1) is 0 Å². The van der Waals surface area contributed by atoms with E-state index >= 15 is 0 Å². The predicted octanol–water partition coefficient (Wildman–Crippen LogP) is 2.65. The van der Waals surface area contributed by atoms with E-state index in [1.54, 1.807) is 0 Å². The van der Waals surface area contributed by atoms with Crippen molar-refractivity contribution in [2.75, 3.05) is 6.54 Å². The molecule has 0 bridgehead atoms. The van der Waals surface area contributed by atoms with Crippen LogP contribution in [-0.4, -0.2) is 6.54 Å². The topological polar surface area (TPSA) is 26.0 Å². The fourth-order valence-corrected chi connectivity index (χ4v) is 0. The Morgan fingerprint density at radius 2 is 1.11 bits per heavy atom. The second-order valence-corrected chi connectivity index (χ2v) is 2.14. The number of hydrogen-bond donors (Lipinski definition) is 1. The molecule has 0 spiro atoms. The Balaban J connectivity index is -0.0000000646. The molecule has 60 valence electrons. The smallest absolute Gasteiger partial charge is 0.0106 e. The van der Waals surface area contributed by atoms with Crippen molar-refractivity contribution in [1.29, 1.82) is 0 Å². The van der Waals surface area contributed by atoms with Crippen LogP contribution in [0.25, 0.3) is 0 Å². The molecule has 1 nitrogen and oxygen atoms in total. The molecule has 0 fully saturated rings. The van der Waals surface area contributed by atoms with Gasteiger partial charge in [-0.3, -0.25) is 0 Å². The first-order valence-corrected chi connectivity index (χ1v) is 3.85. The molecule has 0 aromatic rings. The third-order valence-electron chi connectivity index (χ3n) is 0. The van der Waals surface area contributed by atoms with Crippen LogP contribution in [-0.2, 0) is 0 Å². The van der Waals surface area contributed by atoms with Crippen LogP contribution >= 0.6 is 0 Å². The van der Waals surface area contributed by atoms with Crippen LogP contribution in [0.4, 0.5) is 0 Å². The fraction of sp³-hybridized carbons (Fsp3) is 1.00. The number of hydrogen-bond acceptors (Lipinski definition) is 1. The van der Waals surface area contributed by atoms with Crippen LogP contribution in [0.2, 0.25) is 0 Å². The first-order chi connectivity index (χ1) is 4.15. The van der Waals surface area contributed by atoms with Gasteiger partial charge in [0.2, 0.25) is 0 Å². The molecule has 9 heavy (non-hydrogen) atoms. The predicted molar refractivity (Wildman–Crippen MR) is 46.6 cm³/mol. The monoisotopic (exact) mass is 133 g/mol. The van der Waals surface area contributed by atoms with Crippen LogP contribution in [0, 0.1) is 5.92 Å². The van der Waals surface area contributed by atoms with E-state index in [0.29, 0.717) is 0 Å². The first-order valence-electron chi connectivity index (χ1n) is 3.85. The van der Waals surface area contributed by atoms with Gasteiger partial charge in [0.1, 0.15) is 0 Å². The van der Waals surface area contributed by atoms with Crippen LogP contribution < -0.4 is 5.73 Å². The quantitative estimate of drug-likeness (QED) is 0.540. The Labute approximate surface area is 60.6 Å². The van der Waals surface area contributed by atoms with Crippen molar-refractivity contribution in [2.45, 2.75) is 41.5 Å². The standard InChI is InChI=1S/C4H10.C2H7N.C2H6/c1-4(2)3;1-2-3;1-2/h4H,1-3H3;2-3H2,1H3;1-2H3. The van der Waals surface area contributed by atoms with Crippen molar-refractivity contribution >= 4 is 0 Å². The van der Waals surface area contributed by atoms with Gasteiger partial charge in [-0.25, -0.2) is 0 Å². The zero-order valence-electron chi connectivity index (χ0n) is 7.86. The van der Waals surface area contributed by atoms with Gasteiger partial charge in [-0.1, -0.05) is 41.5 Å². The summed E-state index contributed by atoms with van der Waals surface area (Å²) in [5, 5.41) is 0. The maximum absolute atomic E-state index is 4.85. The lowest BCUT2D eigenvalue weighted by Gasteiger charge is -1.79. The molecule has 0 radical (unpaired) electrons. The van der Waals surface area contributed by atoms with Crippen LogP contribution in [0.3, 0.4) is 0 Å². The van der Waals surface area contributed by atoms with Gasteiger partial charge in [-0.2, -0.15) is 0 Å². The van der Waals surface area contributed by atoms with E-state index in [-0.39, 0.29) is 0 Å². The largest absolute Gasteiger partial charge is 0.331 e. The molecule has 0 aromatic carbocycles. The summed E-state index contributed by atoms with van der Waals surface area (Å²) in [6, 6.07) is 0. The highest BCUT2D eigenvalue weighted by Crippen LogP contribution is 1.81. The lowest BCUT2D eigenvalue weighted by Crippen LogP contribution is -1.87. The van der Waals surface area contributed by atoms with E-state index in [1.165, 1.54) is 0 Å². The van der Waals surface area contributed by atoms with Crippen LogP contribution in [0.15, 0.2) is 0 Å². The molecule has 0 aliphatic heterocycles. The van der Waals surface area contributed by atoms with Crippen molar-refractivity contribution in [1.82, 2.24) is 0 Å². The Morgan fingerprint density at radius 1 is 1.11 bits per heavy atom. The summed E-state index contributed by atoms with van der Waals surface area (Å²) < 4.78 is 0. The second kappa shape index (κ2) is 24.6. The third kappa shape index (κ3) is 177000. The molecular weight excluding hydrogens is 110 g/mol. The van der Waals surface area contributed by atoms with Gasteiger partial charge >= 0.3 is 0 Å². The third-order valence-corrected chi connectivity index (χ3v) is 0. The molecule has 0 rings (SSSR count). The zero-order valence-corrected chi connectivity index (χ0v) is 7.86. The van der Waals surface area contributed by atoms with E-state index in [0.717, 1.165) is 12.5 Å². The van der Waals surface area contributed by atoms with Crippen molar-refractivity contribution in [3.63, 3.8) is 0 Å². The molecule has 0 aliphatic rings. The molecule has 0 saturated heterocycles. The molecule has 1 heteroatoms. The van der Waals surface area contributed by atoms with Gasteiger partial charge in [-0.05, 0) is 12.5 Å². The summed E-state index contributed by atoms with van der Waals surface area (Å²) in [4.78, 5) is 0. The summed E-state index contributed by atoms with van der Waals surface area (Å²) in [5.74, 6) is 0.833. The van der Waals surface area contributed by atoms with E-state index in [9.17, 15) is 0 Å². The van der Waals surface area contributed by atoms with Gasteiger partial charge in [0.25, 0.3) is 0 Å². The van der Waals surface area contributed by atoms with Crippen molar-refractivity contribution in [2.24, 2.45) is 11.7 Å². The summed E-state index contributed by atoms with van der Waals surface area (Å²) in [6.07, 6.45) is 0. The van der Waals surface area contributed by atoms with Gasteiger partial charge < -0.3 is 5.73 Å². The second-order valence-electron chi connectivity index (χ2n) is 2.14. The average Bonchev–Trinajstić information content (AvgIpc) is 1.71. The normalized spacial score (nSPS) is 6.67. The Kier molecular flexibility index (Phi) is 43.7. The molecule has 0 aromatic heterocycles. The lowest BCUT2D eigenvalue weighted by molar-refractivity contribution is 0.737. The minimum atomic E-state index is 0.750. The van der Waals surface area contributed by atoms with E-state index in [1.807, 2.05) is 20.8 Å². The molecule has 0 amide bonds. The van der Waals surface area contributed by atoms with Gasteiger partial charge in [0.15, 0.2) is 0 Å². The number of nitrogens with two attached hydrogens (primary N) is 1. The summed E-state index contributed by atoms with van der Waals surface area (Å²) in [5.41, 5.74) is 4.85. The molecule has 0 heterocycles. The maximum Gasteiger partial charge on any atom is -0.0106 e. The van der Waals surface area contributed by atoms with Crippen LogP contribution in [0.1, 0.15) is 41.5 Å².